The Kier molecular flexibility index (Phi) is 15.0. The SMILES string of the molecule is CCC(C(C)(C)C)C(P)(C(C)(C)C)C(C)(C)C.CCC(C(C)(C)C)C(P)(C(C)(C)C)C(C)(C)C.[Pd]. The van der Waals surface area contributed by atoms with Crippen molar-refractivity contribution < 1.29 is 20.4 Å². The molecule has 0 fully saturated rings. The summed E-state index contributed by atoms with van der Waals surface area (Å²) in [6.07, 6.45) is 2.48. The third kappa shape index (κ3) is 9.30. The number of rotatable bonds is 4. The van der Waals surface area contributed by atoms with Crippen LogP contribution in [0, 0.1) is 44.3 Å². The Bertz CT molecular complexity index is 523. The average molecular weight is 623 g/mol. The molecular formula is C32H70P2Pd. The van der Waals surface area contributed by atoms with Gasteiger partial charge in [-0.05, 0) is 54.6 Å². The summed E-state index contributed by atoms with van der Waals surface area (Å²) >= 11 is 0. The summed E-state index contributed by atoms with van der Waals surface area (Å²) in [4.78, 5) is 0. The van der Waals surface area contributed by atoms with Gasteiger partial charge in [-0.1, -0.05) is 151 Å². The first-order valence-electron chi connectivity index (χ1n) is 14.0. The standard InChI is InChI=1S/2C16H35P.Pd/c2*1-11-12(13(2,3)4)16(17,14(5,6)7)15(8,9)10;/h2*12H,11,17H2,1-10H3;. The fraction of sp³-hybridized carbons (Fsp3) is 1.00. The molecule has 0 aliphatic carbocycles. The molecule has 0 bridgehead atoms. The molecule has 0 nitrogen and oxygen atoms in total. The quantitative estimate of drug-likeness (QED) is 0.216. The molecule has 0 spiro atoms. The van der Waals surface area contributed by atoms with Gasteiger partial charge >= 0.3 is 0 Å². The number of hydrogen-bond donors (Lipinski definition) is 0. The van der Waals surface area contributed by atoms with Crippen LogP contribution in [0.15, 0.2) is 0 Å². The van der Waals surface area contributed by atoms with E-state index in [0.717, 1.165) is 0 Å². The Morgan fingerprint density at radius 3 is 0.571 bits per heavy atom. The molecule has 0 radical (unpaired) electrons. The van der Waals surface area contributed by atoms with Crippen molar-refractivity contribution in [2.75, 3.05) is 0 Å². The van der Waals surface area contributed by atoms with Crippen LogP contribution in [0.1, 0.15) is 151 Å². The molecule has 35 heavy (non-hydrogen) atoms. The molecule has 0 aromatic carbocycles. The van der Waals surface area contributed by atoms with Crippen molar-refractivity contribution in [3.05, 3.63) is 0 Å². The van der Waals surface area contributed by atoms with Crippen LogP contribution in [-0.4, -0.2) is 10.3 Å². The summed E-state index contributed by atoms with van der Waals surface area (Å²) in [5.41, 5.74) is 1.82. The molecule has 0 aromatic heterocycles. The van der Waals surface area contributed by atoms with Gasteiger partial charge < -0.3 is 0 Å². The zero-order chi connectivity index (χ0) is 28.6. The van der Waals surface area contributed by atoms with E-state index < -0.39 is 0 Å². The van der Waals surface area contributed by atoms with Crippen LogP contribution >= 0.6 is 18.5 Å². The van der Waals surface area contributed by atoms with Gasteiger partial charge in [0.2, 0.25) is 0 Å². The molecule has 0 saturated heterocycles. The molecule has 218 valence electrons. The topological polar surface area (TPSA) is 0 Å². The maximum Gasteiger partial charge on any atom is 0 e. The number of hydrogen-bond acceptors (Lipinski definition) is 0. The van der Waals surface area contributed by atoms with E-state index in [1.807, 2.05) is 0 Å². The summed E-state index contributed by atoms with van der Waals surface area (Å²) in [6.45, 7) is 47.7. The van der Waals surface area contributed by atoms with E-state index in [-0.39, 0.29) is 52.4 Å². The van der Waals surface area contributed by atoms with E-state index in [2.05, 4.69) is 157 Å². The predicted molar refractivity (Wildman–Crippen MR) is 169 cm³/mol. The Hall–Kier alpha value is 1.52. The van der Waals surface area contributed by atoms with Crippen LogP contribution in [0.5, 0.6) is 0 Å². The van der Waals surface area contributed by atoms with Gasteiger partial charge in [0.25, 0.3) is 0 Å². The Balaban J connectivity index is -0.000000569. The minimum atomic E-state index is 0. The van der Waals surface area contributed by atoms with E-state index >= 15 is 0 Å². The van der Waals surface area contributed by atoms with Crippen molar-refractivity contribution in [2.45, 2.75) is 162 Å². The van der Waals surface area contributed by atoms with Crippen molar-refractivity contribution in [3.8, 4) is 0 Å². The Morgan fingerprint density at radius 1 is 0.400 bits per heavy atom. The van der Waals surface area contributed by atoms with E-state index in [4.69, 9.17) is 0 Å². The fourth-order valence-corrected chi connectivity index (χ4v) is 9.05. The van der Waals surface area contributed by atoms with Crippen molar-refractivity contribution >= 4 is 18.5 Å². The zero-order valence-corrected chi connectivity index (χ0v) is 31.9. The molecule has 0 heterocycles. The summed E-state index contributed by atoms with van der Waals surface area (Å²) in [6, 6.07) is 0. The summed E-state index contributed by atoms with van der Waals surface area (Å²) in [5, 5.41) is 0.486. The van der Waals surface area contributed by atoms with Gasteiger partial charge in [-0.2, -0.15) is 0 Å². The summed E-state index contributed by atoms with van der Waals surface area (Å²) < 4.78 is 0. The molecule has 4 unspecified atom stereocenters. The first kappa shape index (κ1) is 41.0. The zero-order valence-electron chi connectivity index (χ0n) is 28.0. The van der Waals surface area contributed by atoms with E-state index in [9.17, 15) is 0 Å². The van der Waals surface area contributed by atoms with Crippen LogP contribution in [-0.2, 0) is 20.4 Å². The average Bonchev–Trinajstić information content (AvgIpc) is 2.49. The van der Waals surface area contributed by atoms with Crippen molar-refractivity contribution in [1.82, 2.24) is 0 Å². The largest absolute Gasteiger partial charge is 0.130 e. The van der Waals surface area contributed by atoms with Gasteiger partial charge in [-0.3, -0.25) is 0 Å². The maximum absolute atomic E-state index is 3.25. The minimum absolute atomic E-state index is 0. The Morgan fingerprint density at radius 2 is 0.543 bits per heavy atom. The molecule has 0 saturated carbocycles. The Labute approximate surface area is 243 Å². The smallest absolute Gasteiger partial charge is 0 e. The van der Waals surface area contributed by atoms with Gasteiger partial charge in [0, 0.05) is 20.4 Å². The van der Waals surface area contributed by atoms with E-state index in [1.165, 1.54) is 12.8 Å². The fourth-order valence-electron chi connectivity index (χ4n) is 7.58. The van der Waals surface area contributed by atoms with Crippen LogP contribution in [0.2, 0.25) is 0 Å². The van der Waals surface area contributed by atoms with Crippen LogP contribution < -0.4 is 0 Å². The van der Waals surface area contributed by atoms with Crippen LogP contribution in [0.25, 0.3) is 0 Å². The molecule has 0 amide bonds. The van der Waals surface area contributed by atoms with Gasteiger partial charge in [-0.25, -0.2) is 0 Å². The molecule has 0 aliphatic rings. The molecule has 0 N–H and O–H groups in total. The third-order valence-corrected chi connectivity index (χ3v) is 13.2. The van der Waals surface area contributed by atoms with Crippen molar-refractivity contribution in [1.29, 1.82) is 0 Å². The molecule has 0 aromatic rings. The van der Waals surface area contributed by atoms with Gasteiger partial charge in [0.05, 0.1) is 0 Å². The minimum Gasteiger partial charge on any atom is -0.130 e. The van der Waals surface area contributed by atoms with Crippen LogP contribution in [0.4, 0.5) is 0 Å². The molecule has 0 rings (SSSR count). The van der Waals surface area contributed by atoms with E-state index in [1.54, 1.807) is 0 Å². The first-order valence-corrected chi connectivity index (χ1v) is 15.1. The molecule has 3 heteroatoms. The van der Waals surface area contributed by atoms with E-state index in [0.29, 0.717) is 22.7 Å². The maximum atomic E-state index is 3.25. The molecule has 4 atom stereocenters. The second-order valence-corrected chi connectivity index (χ2v) is 19.2. The van der Waals surface area contributed by atoms with Gasteiger partial charge in [-0.15, -0.1) is 18.5 Å². The molecular weight excluding hydrogens is 553 g/mol. The van der Waals surface area contributed by atoms with Gasteiger partial charge in [0.1, 0.15) is 0 Å². The van der Waals surface area contributed by atoms with Gasteiger partial charge in [0.15, 0.2) is 0 Å². The summed E-state index contributed by atoms with van der Waals surface area (Å²) in [5.74, 6) is 1.39. The summed E-state index contributed by atoms with van der Waals surface area (Å²) in [7, 11) is 6.51. The predicted octanol–water partition coefficient (Wildman–Crippen LogP) is 11.5. The first-order chi connectivity index (χ1) is 14.4. The second kappa shape index (κ2) is 12.8. The van der Waals surface area contributed by atoms with Crippen molar-refractivity contribution in [2.24, 2.45) is 44.3 Å². The molecule has 0 aliphatic heterocycles. The third-order valence-electron chi connectivity index (χ3n) is 8.97. The van der Waals surface area contributed by atoms with Crippen molar-refractivity contribution in [3.63, 3.8) is 0 Å². The van der Waals surface area contributed by atoms with Crippen LogP contribution in [0.3, 0.4) is 0 Å². The monoisotopic (exact) mass is 622 g/mol. The normalized spacial score (nSPS) is 16.6. The second-order valence-electron chi connectivity index (χ2n) is 17.4.